The Bertz CT molecular complexity index is 683. The minimum Gasteiger partial charge on any atom is -0.480 e. The van der Waals surface area contributed by atoms with Crippen LogP contribution in [0.4, 0.5) is 18.9 Å². The van der Waals surface area contributed by atoms with Crippen LogP contribution >= 0.6 is 0 Å². The van der Waals surface area contributed by atoms with Crippen LogP contribution in [0, 0.1) is 5.41 Å². The first-order valence-electron chi connectivity index (χ1n) is 7.48. The highest BCUT2D eigenvalue weighted by atomic mass is 19.4. The van der Waals surface area contributed by atoms with E-state index in [4.69, 9.17) is 5.11 Å². The van der Waals surface area contributed by atoms with E-state index in [1.807, 2.05) is 10.6 Å². The van der Waals surface area contributed by atoms with Crippen LogP contribution in [0.1, 0.15) is 27.2 Å². The summed E-state index contributed by atoms with van der Waals surface area (Å²) in [5, 5.41) is 13.2. The summed E-state index contributed by atoms with van der Waals surface area (Å²) in [6.07, 6.45) is -4.93. The first kappa shape index (κ1) is 21.3. The molecule has 0 radical (unpaired) electrons. The molecule has 0 heterocycles. The van der Waals surface area contributed by atoms with E-state index < -0.39 is 41.4 Å². The topological polar surface area (TPSA) is 105 Å². The van der Waals surface area contributed by atoms with Crippen molar-refractivity contribution in [2.75, 3.05) is 5.32 Å². The maximum absolute atomic E-state index is 12.4. The number of carbonyl (C=O) groups excluding carboxylic acids is 2. The van der Waals surface area contributed by atoms with Crippen LogP contribution in [0.3, 0.4) is 0 Å². The van der Waals surface area contributed by atoms with Gasteiger partial charge in [0.25, 0.3) is 0 Å². The second-order valence-corrected chi connectivity index (χ2v) is 6.63. The van der Waals surface area contributed by atoms with Crippen LogP contribution in [-0.2, 0) is 14.4 Å². The normalized spacial score (nSPS) is 12.8. The number of alkyl halides is 3. The molecule has 1 aromatic rings. The fourth-order valence-corrected chi connectivity index (χ4v) is 2.00. The Morgan fingerprint density at radius 1 is 1.12 bits per heavy atom. The lowest BCUT2D eigenvalue weighted by Crippen LogP contribution is -2.47. The highest BCUT2D eigenvalue weighted by molar-refractivity contribution is 6.40. The van der Waals surface area contributed by atoms with Crippen molar-refractivity contribution in [3.63, 3.8) is 0 Å². The lowest BCUT2D eigenvalue weighted by molar-refractivity contribution is -0.274. The van der Waals surface area contributed by atoms with Gasteiger partial charge in [0, 0.05) is 0 Å². The van der Waals surface area contributed by atoms with Crippen molar-refractivity contribution in [1.29, 1.82) is 0 Å². The lowest BCUT2D eigenvalue weighted by Gasteiger charge is -2.23. The van der Waals surface area contributed by atoms with Crippen LogP contribution < -0.4 is 15.4 Å². The largest absolute Gasteiger partial charge is 0.573 e. The van der Waals surface area contributed by atoms with E-state index in [1.165, 1.54) is 12.1 Å². The Kier molecular flexibility index (Phi) is 6.60. The first-order valence-corrected chi connectivity index (χ1v) is 7.48. The number of hydrogen-bond donors (Lipinski definition) is 3. The summed E-state index contributed by atoms with van der Waals surface area (Å²) in [4.78, 5) is 35.0. The van der Waals surface area contributed by atoms with Crippen molar-refractivity contribution in [2.24, 2.45) is 5.41 Å². The molecule has 26 heavy (non-hydrogen) atoms. The minimum absolute atomic E-state index is 0.0507. The number of rotatable bonds is 5. The minimum atomic E-state index is -4.98. The third-order valence-electron chi connectivity index (χ3n) is 2.99. The molecule has 0 aliphatic carbocycles. The zero-order chi connectivity index (χ0) is 20.1. The zero-order valence-corrected chi connectivity index (χ0v) is 14.3. The monoisotopic (exact) mass is 376 g/mol. The molecule has 3 N–H and O–H groups in total. The smallest absolute Gasteiger partial charge is 0.480 e. The number of para-hydroxylation sites is 2. The zero-order valence-electron chi connectivity index (χ0n) is 14.3. The van der Waals surface area contributed by atoms with Crippen molar-refractivity contribution >= 4 is 23.5 Å². The molecule has 1 rings (SSSR count). The number of amides is 2. The molecule has 0 bridgehead atoms. The number of nitrogens with one attached hydrogen (secondary N) is 2. The van der Waals surface area contributed by atoms with Gasteiger partial charge in [-0.3, -0.25) is 9.59 Å². The molecule has 0 fully saturated rings. The molecule has 0 unspecified atom stereocenters. The summed E-state index contributed by atoms with van der Waals surface area (Å²) >= 11 is 0. The van der Waals surface area contributed by atoms with Gasteiger partial charge in [-0.15, -0.1) is 13.2 Å². The lowest BCUT2D eigenvalue weighted by atomic mass is 9.88. The molecule has 7 nitrogen and oxygen atoms in total. The summed E-state index contributed by atoms with van der Waals surface area (Å²) in [6, 6.07) is 3.32. The Morgan fingerprint density at radius 3 is 2.19 bits per heavy atom. The molecular formula is C16H19F3N2O5. The first-order chi connectivity index (χ1) is 11.8. The van der Waals surface area contributed by atoms with Crippen molar-refractivity contribution in [1.82, 2.24) is 5.32 Å². The fourth-order valence-electron chi connectivity index (χ4n) is 2.00. The van der Waals surface area contributed by atoms with Crippen LogP contribution in [0.5, 0.6) is 5.75 Å². The molecule has 0 saturated carbocycles. The Balaban J connectivity index is 2.84. The van der Waals surface area contributed by atoms with Crippen LogP contribution in [0.2, 0.25) is 0 Å². The van der Waals surface area contributed by atoms with E-state index in [9.17, 15) is 27.6 Å². The van der Waals surface area contributed by atoms with Crippen molar-refractivity contribution in [2.45, 2.75) is 39.6 Å². The molecule has 0 saturated heterocycles. The molecule has 0 aliphatic rings. The van der Waals surface area contributed by atoms with Crippen LogP contribution in [0.15, 0.2) is 24.3 Å². The van der Waals surface area contributed by atoms with Crippen LogP contribution in [0.25, 0.3) is 0 Å². The summed E-state index contributed by atoms with van der Waals surface area (Å²) in [7, 11) is 0. The van der Waals surface area contributed by atoms with Crippen molar-refractivity contribution in [3.8, 4) is 5.75 Å². The predicted octanol–water partition coefficient (Wildman–Crippen LogP) is 2.53. The maximum Gasteiger partial charge on any atom is 0.573 e. The van der Waals surface area contributed by atoms with E-state index in [1.54, 1.807) is 20.8 Å². The highest BCUT2D eigenvalue weighted by Crippen LogP contribution is 2.29. The number of carboxylic acid groups (broad SMARTS) is 1. The number of halogens is 3. The predicted molar refractivity (Wildman–Crippen MR) is 85.4 cm³/mol. The average Bonchev–Trinajstić information content (AvgIpc) is 2.45. The van der Waals surface area contributed by atoms with Gasteiger partial charge >= 0.3 is 24.1 Å². The fraction of sp³-hybridized carbons (Fsp3) is 0.438. The summed E-state index contributed by atoms with van der Waals surface area (Å²) in [6.45, 7) is 5.25. The molecule has 144 valence electrons. The molecular weight excluding hydrogens is 357 g/mol. The van der Waals surface area contributed by atoms with Gasteiger partial charge in [-0.1, -0.05) is 32.9 Å². The summed E-state index contributed by atoms with van der Waals surface area (Å²) in [5.41, 5.74) is -0.826. The molecule has 2 amide bonds. The van der Waals surface area contributed by atoms with E-state index in [-0.39, 0.29) is 12.1 Å². The van der Waals surface area contributed by atoms with Crippen LogP contribution in [-0.4, -0.2) is 35.3 Å². The van der Waals surface area contributed by atoms with Crippen molar-refractivity contribution < 1.29 is 37.4 Å². The van der Waals surface area contributed by atoms with Gasteiger partial charge in [-0.05, 0) is 24.0 Å². The summed E-state index contributed by atoms with van der Waals surface area (Å²) < 4.78 is 40.8. The second kappa shape index (κ2) is 8.07. The standard InChI is InChI=1S/C16H19F3N2O5/c1-15(2,3)8-10(14(24)25)21-13(23)12(22)20-9-6-4-5-7-11(9)26-16(17,18)19/h4-7,10H,8H2,1-3H3,(H,20,22)(H,21,23)(H,24,25)/t10-/m0/s1. The Hall–Kier alpha value is -2.78. The molecule has 1 aromatic carbocycles. The number of benzene rings is 1. The van der Waals surface area contributed by atoms with Crippen molar-refractivity contribution in [3.05, 3.63) is 24.3 Å². The molecule has 0 aromatic heterocycles. The number of carbonyl (C=O) groups is 3. The maximum atomic E-state index is 12.4. The number of ether oxygens (including phenoxy) is 1. The number of hydrogen-bond acceptors (Lipinski definition) is 4. The molecule has 0 aliphatic heterocycles. The number of anilines is 1. The third-order valence-corrected chi connectivity index (χ3v) is 2.99. The van der Waals surface area contributed by atoms with Gasteiger partial charge in [0.2, 0.25) is 0 Å². The molecule has 10 heteroatoms. The van der Waals surface area contributed by atoms with Gasteiger partial charge in [0.15, 0.2) is 5.75 Å². The Morgan fingerprint density at radius 2 is 1.69 bits per heavy atom. The molecule has 1 atom stereocenters. The third kappa shape index (κ3) is 7.41. The number of aliphatic carboxylic acids is 1. The van der Waals surface area contributed by atoms with E-state index in [0.29, 0.717) is 0 Å². The molecule has 0 spiro atoms. The van der Waals surface area contributed by atoms with Gasteiger partial charge in [-0.25, -0.2) is 4.79 Å². The number of carboxylic acids is 1. The Labute approximate surface area is 147 Å². The van der Waals surface area contributed by atoms with Gasteiger partial charge in [0.1, 0.15) is 6.04 Å². The average molecular weight is 376 g/mol. The van der Waals surface area contributed by atoms with Gasteiger partial charge < -0.3 is 20.5 Å². The summed E-state index contributed by atoms with van der Waals surface area (Å²) in [5.74, 6) is -4.64. The van der Waals surface area contributed by atoms with E-state index in [0.717, 1.165) is 12.1 Å². The van der Waals surface area contributed by atoms with E-state index in [2.05, 4.69) is 4.74 Å². The SMILES string of the molecule is CC(C)(C)C[C@H](NC(=O)C(=O)Nc1ccccc1OC(F)(F)F)C(=O)O. The quantitative estimate of drug-likeness (QED) is 0.685. The second-order valence-electron chi connectivity index (χ2n) is 6.63. The highest BCUT2D eigenvalue weighted by Gasteiger charge is 2.33. The van der Waals surface area contributed by atoms with E-state index >= 15 is 0 Å². The van der Waals surface area contributed by atoms with Gasteiger partial charge in [0.05, 0.1) is 5.69 Å². The van der Waals surface area contributed by atoms with Gasteiger partial charge in [-0.2, -0.15) is 0 Å².